The van der Waals surface area contributed by atoms with Gasteiger partial charge in [0.15, 0.2) is 0 Å². The third kappa shape index (κ3) is 5.25. The van der Waals surface area contributed by atoms with Crippen molar-refractivity contribution in [1.82, 2.24) is 9.30 Å². The number of esters is 1. The molecule has 6 rings (SSSR count). The maximum absolute atomic E-state index is 13.7. The molecule has 0 radical (unpaired) electrons. The van der Waals surface area contributed by atoms with Gasteiger partial charge < -0.3 is 14.7 Å². The number of nitro benzene ring substituents is 1. The van der Waals surface area contributed by atoms with E-state index in [1.807, 2.05) is 25.7 Å². The number of ether oxygens (including phenoxy) is 1. The second-order valence-corrected chi connectivity index (χ2v) is 13.4. The SMILES string of the molecule is CSc1c2sc(C3=C(C(=O)OCc4ccc([N+](=O)[O-])cc4)N4C(=O)[C@H]([C@@H](C)O)[C@@H]4[C@H]3C)cn2c[n+]1Cc1ccc(CBr)cc1. The van der Waals surface area contributed by atoms with Crippen LogP contribution in [0.5, 0.6) is 0 Å². The Kier molecular flexibility index (Phi) is 8.40. The normalized spacial score (nSPS) is 20.2. The number of hydrogen-bond acceptors (Lipinski definition) is 8. The number of fused-ring (bicyclic) bond motifs is 2. The number of aromatic nitrogens is 2. The van der Waals surface area contributed by atoms with Crippen molar-refractivity contribution in [2.75, 3.05) is 6.26 Å². The molecule has 1 fully saturated rings. The Morgan fingerprint density at radius 3 is 2.45 bits per heavy atom. The lowest BCUT2D eigenvalue weighted by molar-refractivity contribution is -0.721. The molecule has 2 aliphatic rings. The molecule has 0 saturated carbocycles. The Hall–Kier alpha value is -3.52. The summed E-state index contributed by atoms with van der Waals surface area (Å²) in [5, 5.41) is 23.3. The average Bonchev–Trinajstić information content (AvgIpc) is 3.63. The van der Waals surface area contributed by atoms with Crippen LogP contribution in [0.3, 0.4) is 0 Å². The van der Waals surface area contributed by atoms with Gasteiger partial charge in [-0.05, 0) is 42.0 Å². The average molecular weight is 699 g/mol. The van der Waals surface area contributed by atoms with Crippen LogP contribution in [0.15, 0.2) is 71.8 Å². The fourth-order valence-corrected chi connectivity index (χ4v) is 8.67. The quantitative estimate of drug-likeness (QED) is 0.0462. The Morgan fingerprint density at radius 2 is 1.84 bits per heavy atom. The molecule has 0 unspecified atom stereocenters. The molecular weight excluding hydrogens is 668 g/mol. The lowest BCUT2D eigenvalue weighted by atomic mass is 9.77. The minimum absolute atomic E-state index is 0.0551. The number of hydrogen-bond donors (Lipinski definition) is 1. The maximum atomic E-state index is 13.7. The van der Waals surface area contributed by atoms with Crippen LogP contribution >= 0.6 is 39.0 Å². The number of halogens is 1. The number of aliphatic hydroxyl groups is 1. The molecule has 44 heavy (non-hydrogen) atoms. The van der Waals surface area contributed by atoms with Gasteiger partial charge in [0.05, 0.1) is 27.9 Å². The first-order chi connectivity index (χ1) is 21.1. The summed E-state index contributed by atoms with van der Waals surface area (Å²) in [7, 11) is 0. The summed E-state index contributed by atoms with van der Waals surface area (Å²) in [6, 6.07) is 13.9. The van der Waals surface area contributed by atoms with Crippen molar-refractivity contribution in [3.8, 4) is 0 Å². The number of aliphatic hydroxyl groups excluding tert-OH is 1. The highest BCUT2D eigenvalue weighted by Gasteiger charge is 2.60. The molecule has 4 aromatic rings. The lowest BCUT2D eigenvalue weighted by Gasteiger charge is -2.46. The third-order valence-corrected chi connectivity index (χ3v) is 11.0. The summed E-state index contributed by atoms with van der Waals surface area (Å²) in [6.07, 6.45) is 5.22. The molecule has 1 saturated heterocycles. The van der Waals surface area contributed by atoms with Crippen molar-refractivity contribution in [2.24, 2.45) is 11.8 Å². The molecule has 0 aliphatic carbocycles. The van der Waals surface area contributed by atoms with E-state index in [0.717, 1.165) is 25.6 Å². The molecular formula is C31H30BrN4O6S2+. The van der Waals surface area contributed by atoms with Gasteiger partial charge in [0, 0.05) is 29.0 Å². The van der Waals surface area contributed by atoms with Crippen LogP contribution in [0.25, 0.3) is 10.4 Å². The van der Waals surface area contributed by atoms with Crippen molar-refractivity contribution in [2.45, 2.75) is 49.5 Å². The summed E-state index contributed by atoms with van der Waals surface area (Å²) >= 11 is 6.70. The van der Waals surface area contributed by atoms with E-state index < -0.39 is 22.9 Å². The predicted molar refractivity (Wildman–Crippen MR) is 170 cm³/mol. The molecule has 2 aromatic carbocycles. The summed E-state index contributed by atoms with van der Waals surface area (Å²) in [5.41, 5.74) is 3.85. The first-order valence-electron chi connectivity index (χ1n) is 14.0. The minimum Gasteiger partial charge on any atom is -0.456 e. The van der Waals surface area contributed by atoms with Crippen molar-refractivity contribution < 1.29 is 28.9 Å². The molecule has 1 N–H and O–H groups in total. The number of alkyl halides is 1. The zero-order valence-corrected chi connectivity index (χ0v) is 27.4. The topological polar surface area (TPSA) is 118 Å². The molecule has 2 aliphatic heterocycles. The summed E-state index contributed by atoms with van der Waals surface area (Å²) in [6.45, 7) is 4.19. The van der Waals surface area contributed by atoms with Gasteiger partial charge in [-0.1, -0.05) is 70.2 Å². The molecule has 10 nitrogen and oxygen atoms in total. The number of thioether (sulfide) groups is 1. The maximum Gasteiger partial charge on any atom is 0.355 e. The number of β-lactam (4-membered cyclic amide) rings is 1. The Balaban J connectivity index is 1.34. The van der Waals surface area contributed by atoms with Crippen molar-refractivity contribution in [3.63, 3.8) is 0 Å². The standard InChI is InChI=1S/C31H30BrN4O6S2/c1-17-24(23-14-34-16-33(29(43-3)30(34)44-23)13-20-6-4-19(12-32)5-7-20)27(35-26(17)25(18(2)37)28(35)38)31(39)42-15-21-8-10-22(11-9-21)36(40)41/h4-11,14,16-18,25-26,37H,12-13,15H2,1-3H3/q+1/t17-,18+,25+,26-/m0/s1. The monoisotopic (exact) mass is 697 g/mol. The number of nitro groups is 1. The zero-order chi connectivity index (χ0) is 31.3. The molecule has 2 aromatic heterocycles. The summed E-state index contributed by atoms with van der Waals surface area (Å²) in [5.74, 6) is -1.76. The van der Waals surface area contributed by atoms with E-state index >= 15 is 0 Å². The van der Waals surface area contributed by atoms with Gasteiger partial charge >= 0.3 is 5.97 Å². The Morgan fingerprint density at radius 1 is 1.18 bits per heavy atom. The fourth-order valence-electron chi connectivity index (χ4n) is 6.12. The number of benzene rings is 2. The van der Waals surface area contributed by atoms with Gasteiger partial charge in [0.25, 0.3) is 12.0 Å². The molecule has 4 heterocycles. The van der Waals surface area contributed by atoms with Crippen molar-refractivity contribution in [1.29, 1.82) is 0 Å². The molecule has 13 heteroatoms. The van der Waals surface area contributed by atoms with Crippen molar-refractivity contribution in [3.05, 3.63) is 98.4 Å². The largest absolute Gasteiger partial charge is 0.456 e. The van der Waals surface area contributed by atoms with E-state index in [1.165, 1.54) is 40.3 Å². The van der Waals surface area contributed by atoms with Crippen LogP contribution in [0.4, 0.5) is 5.69 Å². The highest BCUT2D eigenvalue weighted by Crippen LogP contribution is 2.52. The van der Waals surface area contributed by atoms with Crippen LogP contribution in [-0.2, 0) is 32.8 Å². The number of thiazole rings is 1. The van der Waals surface area contributed by atoms with Crippen LogP contribution in [0.1, 0.15) is 35.4 Å². The highest BCUT2D eigenvalue weighted by atomic mass is 79.9. The highest BCUT2D eigenvalue weighted by molar-refractivity contribution is 9.08. The summed E-state index contributed by atoms with van der Waals surface area (Å²) < 4.78 is 9.94. The first kappa shape index (κ1) is 30.5. The molecule has 228 valence electrons. The predicted octanol–water partition coefficient (Wildman–Crippen LogP) is 5.17. The second kappa shape index (κ2) is 12.1. The van der Waals surface area contributed by atoms with Gasteiger partial charge in [0.1, 0.15) is 25.0 Å². The molecule has 1 amide bonds. The van der Waals surface area contributed by atoms with Crippen LogP contribution in [0, 0.1) is 22.0 Å². The number of nitrogens with zero attached hydrogens (tertiary/aromatic N) is 4. The van der Waals surface area contributed by atoms with Gasteiger partial charge in [-0.15, -0.1) is 0 Å². The second-order valence-electron chi connectivity index (χ2n) is 11.0. The smallest absolute Gasteiger partial charge is 0.355 e. The van der Waals surface area contributed by atoms with Crippen molar-refractivity contribution >= 4 is 67.0 Å². The zero-order valence-electron chi connectivity index (χ0n) is 24.2. The first-order valence-corrected chi connectivity index (χ1v) is 17.2. The van der Waals surface area contributed by atoms with E-state index in [0.29, 0.717) is 12.1 Å². The number of carbonyl (C=O) groups excluding carboxylic acids is 2. The van der Waals surface area contributed by atoms with E-state index in [2.05, 4.69) is 49.2 Å². The molecule has 0 spiro atoms. The minimum atomic E-state index is -0.854. The van der Waals surface area contributed by atoms with Gasteiger partial charge in [0.2, 0.25) is 15.8 Å². The molecule has 0 bridgehead atoms. The Labute approximate surface area is 270 Å². The number of rotatable bonds is 10. The van der Waals surface area contributed by atoms with Crippen LogP contribution in [0.2, 0.25) is 0 Å². The number of imidazole rings is 1. The van der Waals surface area contributed by atoms with Gasteiger partial charge in [-0.3, -0.25) is 14.9 Å². The third-order valence-electron chi connectivity index (χ3n) is 8.28. The van der Waals surface area contributed by atoms with E-state index in [4.69, 9.17) is 4.74 Å². The lowest BCUT2D eigenvalue weighted by Crippen LogP contribution is -2.63. The van der Waals surface area contributed by atoms with E-state index in [-0.39, 0.29) is 35.9 Å². The van der Waals surface area contributed by atoms with Gasteiger partial charge in [-0.2, -0.15) is 4.40 Å². The fraction of sp³-hybridized carbons (Fsp3) is 0.323. The number of carbonyl (C=O) groups is 2. The Bertz CT molecular complexity index is 1800. The van der Waals surface area contributed by atoms with Gasteiger partial charge in [-0.25, -0.2) is 9.36 Å². The van der Waals surface area contributed by atoms with E-state index in [1.54, 1.807) is 30.0 Å². The number of non-ortho nitro benzene ring substituents is 1. The number of amides is 1. The molecule has 4 atom stereocenters. The van der Waals surface area contributed by atoms with Crippen LogP contribution in [-0.4, -0.2) is 49.6 Å². The van der Waals surface area contributed by atoms with E-state index in [9.17, 15) is 24.8 Å². The van der Waals surface area contributed by atoms with Crippen LogP contribution < -0.4 is 4.57 Å². The summed E-state index contributed by atoms with van der Waals surface area (Å²) in [4.78, 5) is 40.7.